The minimum absolute atomic E-state index is 0.0141. The monoisotopic (exact) mass is 437 g/mol. The van der Waals surface area contributed by atoms with Gasteiger partial charge in [-0.05, 0) is 55.5 Å². The first kappa shape index (κ1) is 20.1. The van der Waals surface area contributed by atoms with Crippen molar-refractivity contribution in [3.8, 4) is 5.69 Å². The van der Waals surface area contributed by atoms with Gasteiger partial charge in [-0.1, -0.05) is 50.5 Å². The molecule has 1 aliphatic rings. The van der Waals surface area contributed by atoms with Crippen molar-refractivity contribution in [2.75, 3.05) is 0 Å². The largest absolute Gasteiger partial charge is 0.295 e. The normalized spacial score (nSPS) is 14.7. The zero-order chi connectivity index (χ0) is 22.4. The van der Waals surface area contributed by atoms with Crippen LogP contribution in [0.1, 0.15) is 57.1 Å². The number of aromatic nitrogens is 5. The molecule has 5 aromatic rings. The molecule has 6 rings (SSSR count). The Balaban J connectivity index is 1.63. The molecule has 1 aliphatic carbocycles. The molecule has 1 saturated carbocycles. The lowest BCUT2D eigenvalue weighted by atomic mass is 10.1. The maximum Gasteiger partial charge on any atom is 0.265 e. The molecule has 0 bridgehead atoms. The lowest BCUT2D eigenvalue weighted by Gasteiger charge is -2.13. The molecule has 2 aromatic carbocycles. The Kier molecular flexibility index (Phi) is 4.93. The Morgan fingerprint density at radius 2 is 1.67 bits per heavy atom. The third kappa shape index (κ3) is 3.32. The van der Waals surface area contributed by atoms with E-state index >= 15 is 0 Å². The van der Waals surface area contributed by atoms with Crippen LogP contribution >= 0.6 is 0 Å². The highest BCUT2D eigenvalue weighted by atomic mass is 16.1. The van der Waals surface area contributed by atoms with Gasteiger partial charge in [-0.25, -0.2) is 15.0 Å². The van der Waals surface area contributed by atoms with Crippen molar-refractivity contribution in [1.82, 2.24) is 24.1 Å². The number of benzene rings is 2. The first-order valence-corrected chi connectivity index (χ1v) is 12.0. The van der Waals surface area contributed by atoms with E-state index in [0.717, 1.165) is 48.8 Å². The number of hydrogen-bond donors (Lipinski definition) is 0. The smallest absolute Gasteiger partial charge is 0.265 e. The average molecular weight is 438 g/mol. The second-order valence-corrected chi connectivity index (χ2v) is 9.08. The Bertz CT molecular complexity index is 1520. The molecule has 33 heavy (non-hydrogen) atoms. The fourth-order valence-corrected chi connectivity index (χ4v) is 5.13. The number of fused-ring (bicyclic) bond motifs is 4. The summed E-state index contributed by atoms with van der Waals surface area (Å²) in [5, 5.41) is 0.563. The molecular weight excluding hydrogens is 410 g/mol. The maximum absolute atomic E-state index is 13.7. The van der Waals surface area contributed by atoms with Gasteiger partial charge in [-0.2, -0.15) is 0 Å². The summed E-state index contributed by atoms with van der Waals surface area (Å²) in [5.74, 6) is 0. The molecule has 166 valence electrons. The molecule has 0 unspecified atom stereocenters. The highest BCUT2D eigenvalue weighted by Crippen LogP contribution is 2.31. The van der Waals surface area contributed by atoms with Gasteiger partial charge >= 0.3 is 0 Å². The standard InChI is InChI=1S/C27H27N5O/c1-2-3-8-18-13-15-20(16-14-18)32-25-23(27(33)31(17-28-25)19-9-4-5-10-19)24-26(32)30-22-12-7-6-11-21(22)29-24/h6-7,11-17,19H,2-5,8-10H2,1H3. The number of unbranched alkanes of at least 4 members (excludes halogenated alkanes) is 1. The van der Waals surface area contributed by atoms with E-state index in [1.54, 1.807) is 6.33 Å². The van der Waals surface area contributed by atoms with Crippen LogP contribution in [0.15, 0.2) is 59.7 Å². The molecular formula is C27H27N5O. The molecule has 0 atom stereocenters. The summed E-state index contributed by atoms with van der Waals surface area (Å²) in [6.07, 6.45) is 9.52. The summed E-state index contributed by atoms with van der Waals surface area (Å²) in [6, 6.07) is 16.6. The van der Waals surface area contributed by atoms with Crippen LogP contribution in [-0.4, -0.2) is 24.1 Å². The molecule has 3 aromatic heterocycles. The van der Waals surface area contributed by atoms with Crippen molar-refractivity contribution >= 4 is 33.2 Å². The molecule has 6 heteroatoms. The molecule has 0 saturated heterocycles. The molecule has 3 heterocycles. The lowest BCUT2D eigenvalue weighted by molar-refractivity contribution is 0.499. The van der Waals surface area contributed by atoms with E-state index in [0.29, 0.717) is 22.2 Å². The van der Waals surface area contributed by atoms with E-state index in [2.05, 4.69) is 31.2 Å². The van der Waals surface area contributed by atoms with Crippen LogP contribution in [0.5, 0.6) is 0 Å². The second kappa shape index (κ2) is 8.10. The molecule has 6 nitrogen and oxygen atoms in total. The number of hydrogen-bond acceptors (Lipinski definition) is 4. The van der Waals surface area contributed by atoms with E-state index in [9.17, 15) is 4.79 Å². The summed E-state index contributed by atoms with van der Waals surface area (Å²) in [6.45, 7) is 2.21. The van der Waals surface area contributed by atoms with Gasteiger partial charge in [0.05, 0.1) is 11.0 Å². The van der Waals surface area contributed by atoms with Gasteiger partial charge in [-0.3, -0.25) is 13.9 Å². The Morgan fingerprint density at radius 1 is 0.939 bits per heavy atom. The second-order valence-electron chi connectivity index (χ2n) is 9.08. The van der Waals surface area contributed by atoms with E-state index in [-0.39, 0.29) is 11.6 Å². The van der Waals surface area contributed by atoms with Crippen LogP contribution in [-0.2, 0) is 6.42 Å². The summed E-state index contributed by atoms with van der Waals surface area (Å²) in [4.78, 5) is 28.4. The highest BCUT2D eigenvalue weighted by Gasteiger charge is 2.24. The van der Waals surface area contributed by atoms with Crippen molar-refractivity contribution in [2.24, 2.45) is 0 Å². The third-order valence-corrected chi connectivity index (χ3v) is 6.92. The molecule has 1 fully saturated rings. The highest BCUT2D eigenvalue weighted by molar-refractivity contribution is 6.05. The molecule has 0 amide bonds. The van der Waals surface area contributed by atoms with Crippen molar-refractivity contribution in [3.05, 3.63) is 70.8 Å². The number of para-hydroxylation sites is 2. The van der Waals surface area contributed by atoms with Crippen molar-refractivity contribution in [3.63, 3.8) is 0 Å². The minimum Gasteiger partial charge on any atom is -0.295 e. The van der Waals surface area contributed by atoms with Crippen molar-refractivity contribution < 1.29 is 0 Å². The van der Waals surface area contributed by atoms with E-state index in [4.69, 9.17) is 15.0 Å². The predicted molar refractivity (Wildman–Crippen MR) is 132 cm³/mol. The zero-order valence-corrected chi connectivity index (χ0v) is 18.9. The van der Waals surface area contributed by atoms with Crippen LogP contribution < -0.4 is 5.56 Å². The summed E-state index contributed by atoms with van der Waals surface area (Å²) in [7, 11) is 0. The van der Waals surface area contributed by atoms with E-state index in [1.807, 2.05) is 33.4 Å². The van der Waals surface area contributed by atoms with Crippen LogP contribution in [0, 0.1) is 0 Å². The van der Waals surface area contributed by atoms with Gasteiger partial charge in [0.25, 0.3) is 5.56 Å². The number of nitrogens with zero attached hydrogens (tertiary/aromatic N) is 5. The average Bonchev–Trinajstić information content (AvgIpc) is 3.48. The van der Waals surface area contributed by atoms with Crippen LogP contribution in [0.4, 0.5) is 0 Å². The minimum atomic E-state index is -0.0141. The van der Waals surface area contributed by atoms with Gasteiger partial charge in [-0.15, -0.1) is 0 Å². The first-order chi connectivity index (χ1) is 16.2. The summed E-state index contributed by atoms with van der Waals surface area (Å²) >= 11 is 0. The van der Waals surface area contributed by atoms with Gasteiger partial charge < -0.3 is 0 Å². The molecule has 0 aliphatic heterocycles. The van der Waals surface area contributed by atoms with Crippen LogP contribution in [0.3, 0.4) is 0 Å². The topological polar surface area (TPSA) is 65.6 Å². The third-order valence-electron chi connectivity index (χ3n) is 6.92. The first-order valence-electron chi connectivity index (χ1n) is 12.0. The zero-order valence-electron chi connectivity index (χ0n) is 18.9. The number of aryl methyl sites for hydroxylation is 1. The molecule has 0 N–H and O–H groups in total. The Hall–Kier alpha value is -3.54. The number of rotatable bonds is 5. The van der Waals surface area contributed by atoms with Gasteiger partial charge in [0.2, 0.25) is 0 Å². The van der Waals surface area contributed by atoms with Crippen LogP contribution in [0.25, 0.3) is 38.9 Å². The SMILES string of the molecule is CCCCc1ccc(-n2c3nc4ccccc4nc3c3c(=O)n(C4CCCC4)cnc32)cc1. The fraction of sp³-hybridized carbons (Fsp3) is 0.333. The predicted octanol–water partition coefficient (Wildman–Crippen LogP) is 5.74. The molecule has 0 radical (unpaired) electrons. The molecule has 0 spiro atoms. The quantitative estimate of drug-likeness (QED) is 0.352. The van der Waals surface area contributed by atoms with E-state index < -0.39 is 0 Å². The van der Waals surface area contributed by atoms with Gasteiger partial charge in [0.1, 0.15) is 17.2 Å². The van der Waals surface area contributed by atoms with Crippen molar-refractivity contribution in [2.45, 2.75) is 57.9 Å². The maximum atomic E-state index is 13.7. The lowest BCUT2D eigenvalue weighted by Crippen LogP contribution is -2.23. The van der Waals surface area contributed by atoms with Crippen molar-refractivity contribution in [1.29, 1.82) is 0 Å². The summed E-state index contributed by atoms with van der Waals surface area (Å²) in [5.41, 5.74) is 5.78. The Labute approximate surface area is 191 Å². The van der Waals surface area contributed by atoms with Gasteiger partial charge in [0, 0.05) is 11.7 Å². The van der Waals surface area contributed by atoms with Gasteiger partial charge in [0.15, 0.2) is 11.3 Å². The van der Waals surface area contributed by atoms with Crippen LogP contribution in [0.2, 0.25) is 0 Å². The van der Waals surface area contributed by atoms with E-state index in [1.165, 1.54) is 18.4 Å². The Morgan fingerprint density at radius 3 is 2.39 bits per heavy atom. The fourth-order valence-electron chi connectivity index (χ4n) is 5.13. The summed E-state index contributed by atoms with van der Waals surface area (Å²) < 4.78 is 3.82.